The largest absolute Gasteiger partial charge is 0.477 e. The molecule has 24 heavy (non-hydrogen) atoms. The van der Waals surface area contributed by atoms with Crippen LogP contribution >= 0.6 is 0 Å². The van der Waals surface area contributed by atoms with Crippen molar-refractivity contribution in [3.63, 3.8) is 0 Å². The van der Waals surface area contributed by atoms with E-state index in [1.54, 1.807) is 6.20 Å². The molecule has 3 heterocycles. The average Bonchev–Trinajstić information content (AvgIpc) is 3.44. The van der Waals surface area contributed by atoms with Gasteiger partial charge < -0.3 is 14.4 Å². The molecular weight excluding hydrogens is 304 g/mol. The highest BCUT2D eigenvalue weighted by atomic mass is 16.5. The Morgan fingerprint density at radius 1 is 1.38 bits per heavy atom. The minimum atomic E-state index is -0.0900. The third kappa shape index (κ3) is 3.41. The molecule has 1 aromatic heterocycles. The highest BCUT2D eigenvalue weighted by Gasteiger charge is 2.48. The number of piperidine rings is 1. The van der Waals surface area contributed by atoms with Crippen LogP contribution in [0.25, 0.3) is 0 Å². The van der Waals surface area contributed by atoms with Gasteiger partial charge in [0.15, 0.2) is 0 Å². The van der Waals surface area contributed by atoms with Gasteiger partial charge >= 0.3 is 0 Å². The smallest absolute Gasteiger partial charge is 0.222 e. The predicted molar refractivity (Wildman–Crippen MR) is 89.7 cm³/mol. The van der Waals surface area contributed by atoms with Crippen LogP contribution in [0.1, 0.15) is 38.5 Å². The summed E-state index contributed by atoms with van der Waals surface area (Å²) in [7, 11) is 0. The minimum Gasteiger partial charge on any atom is -0.477 e. The van der Waals surface area contributed by atoms with Gasteiger partial charge in [0.05, 0.1) is 12.7 Å². The first-order chi connectivity index (χ1) is 11.8. The standard InChI is InChI=1S/C19H26N2O3/c22-18(12-15-5-6-15)21-10-7-16-19(13-21,8-3-11-23-16)14-24-17-4-1-2-9-20-17/h1-2,4,9,15-16H,3,5-8,10-14H2/t16-,19-/m1/s1. The normalized spacial score (nSPS) is 29.8. The second-order valence-corrected chi connectivity index (χ2v) is 7.53. The van der Waals surface area contributed by atoms with Crippen molar-refractivity contribution in [3.05, 3.63) is 24.4 Å². The van der Waals surface area contributed by atoms with Gasteiger partial charge in [-0.25, -0.2) is 4.98 Å². The Kier molecular flexibility index (Phi) is 4.44. The van der Waals surface area contributed by atoms with E-state index in [4.69, 9.17) is 9.47 Å². The van der Waals surface area contributed by atoms with Crippen molar-refractivity contribution >= 4 is 5.91 Å². The fourth-order valence-corrected chi connectivity index (χ4v) is 4.06. The van der Waals surface area contributed by atoms with E-state index < -0.39 is 0 Å². The Labute approximate surface area is 143 Å². The Morgan fingerprint density at radius 2 is 2.29 bits per heavy atom. The summed E-state index contributed by atoms with van der Waals surface area (Å²) >= 11 is 0. The van der Waals surface area contributed by atoms with Crippen LogP contribution in [0, 0.1) is 11.3 Å². The van der Waals surface area contributed by atoms with Crippen LogP contribution < -0.4 is 4.74 Å². The van der Waals surface area contributed by atoms with Crippen LogP contribution in [-0.2, 0) is 9.53 Å². The molecule has 1 aliphatic carbocycles. The lowest BCUT2D eigenvalue weighted by Crippen LogP contribution is -2.58. The van der Waals surface area contributed by atoms with Gasteiger partial charge in [0.1, 0.15) is 0 Å². The highest BCUT2D eigenvalue weighted by molar-refractivity contribution is 5.77. The summed E-state index contributed by atoms with van der Waals surface area (Å²) in [6.45, 7) is 2.98. The van der Waals surface area contributed by atoms with Gasteiger partial charge in [0, 0.05) is 43.8 Å². The van der Waals surface area contributed by atoms with Crippen LogP contribution in [-0.4, -0.2) is 48.2 Å². The molecule has 0 N–H and O–H groups in total. The van der Waals surface area contributed by atoms with Gasteiger partial charge in [-0.05, 0) is 44.1 Å². The number of rotatable bonds is 5. The van der Waals surface area contributed by atoms with Crippen molar-refractivity contribution in [1.29, 1.82) is 0 Å². The first kappa shape index (κ1) is 15.9. The van der Waals surface area contributed by atoms with Crippen molar-refractivity contribution in [2.24, 2.45) is 11.3 Å². The van der Waals surface area contributed by atoms with E-state index in [0.29, 0.717) is 24.3 Å². The molecule has 1 amide bonds. The van der Waals surface area contributed by atoms with Gasteiger partial charge in [-0.2, -0.15) is 0 Å². The van der Waals surface area contributed by atoms with Gasteiger partial charge in [-0.3, -0.25) is 4.79 Å². The second-order valence-electron chi connectivity index (χ2n) is 7.53. The number of fused-ring (bicyclic) bond motifs is 1. The molecule has 5 nitrogen and oxygen atoms in total. The van der Waals surface area contributed by atoms with E-state index in [9.17, 15) is 4.79 Å². The number of likely N-dealkylation sites (tertiary alicyclic amines) is 1. The number of hydrogen-bond donors (Lipinski definition) is 0. The van der Waals surface area contributed by atoms with Gasteiger partial charge in [-0.15, -0.1) is 0 Å². The van der Waals surface area contributed by atoms with E-state index in [1.807, 2.05) is 18.2 Å². The van der Waals surface area contributed by atoms with Gasteiger partial charge in [0.2, 0.25) is 11.8 Å². The van der Waals surface area contributed by atoms with E-state index in [0.717, 1.165) is 45.4 Å². The lowest BCUT2D eigenvalue weighted by atomic mass is 9.73. The first-order valence-corrected chi connectivity index (χ1v) is 9.18. The molecule has 3 aliphatic rings. The number of hydrogen-bond acceptors (Lipinski definition) is 4. The summed E-state index contributed by atoms with van der Waals surface area (Å²) in [6, 6.07) is 5.70. The zero-order chi connectivity index (χ0) is 16.4. The molecular formula is C19H26N2O3. The molecule has 5 heteroatoms. The summed E-state index contributed by atoms with van der Waals surface area (Å²) in [5.41, 5.74) is -0.0900. The topological polar surface area (TPSA) is 51.7 Å². The molecule has 0 radical (unpaired) electrons. The van der Waals surface area contributed by atoms with Crippen molar-refractivity contribution in [2.75, 3.05) is 26.3 Å². The monoisotopic (exact) mass is 330 g/mol. The number of carbonyl (C=O) groups is 1. The highest BCUT2D eigenvalue weighted by Crippen LogP contribution is 2.41. The van der Waals surface area contributed by atoms with Crippen LogP contribution in [0.3, 0.4) is 0 Å². The lowest BCUT2D eigenvalue weighted by Gasteiger charge is -2.50. The van der Waals surface area contributed by atoms with Gasteiger partial charge in [-0.1, -0.05) is 6.07 Å². The number of pyridine rings is 1. The minimum absolute atomic E-state index is 0.0900. The zero-order valence-corrected chi connectivity index (χ0v) is 14.2. The maximum atomic E-state index is 12.6. The molecule has 0 bridgehead atoms. The van der Waals surface area contributed by atoms with Crippen molar-refractivity contribution in [1.82, 2.24) is 9.88 Å². The third-order valence-electron chi connectivity index (χ3n) is 5.65. The molecule has 2 saturated heterocycles. The fourth-order valence-electron chi connectivity index (χ4n) is 4.06. The third-order valence-corrected chi connectivity index (χ3v) is 5.65. The molecule has 2 aliphatic heterocycles. The SMILES string of the molecule is O=C(CC1CC1)N1CC[C@H]2OCCC[C@]2(COc2ccccn2)C1. The molecule has 0 spiro atoms. The van der Waals surface area contributed by atoms with E-state index in [1.165, 1.54) is 12.8 Å². The second kappa shape index (κ2) is 6.71. The number of aromatic nitrogens is 1. The molecule has 1 aromatic rings. The Hall–Kier alpha value is -1.62. The maximum Gasteiger partial charge on any atom is 0.222 e. The fraction of sp³-hybridized carbons (Fsp3) is 0.684. The van der Waals surface area contributed by atoms with Crippen LogP contribution in [0.4, 0.5) is 0 Å². The van der Waals surface area contributed by atoms with E-state index in [2.05, 4.69) is 9.88 Å². The summed E-state index contributed by atoms with van der Waals surface area (Å²) in [4.78, 5) is 18.9. The number of amides is 1. The average molecular weight is 330 g/mol. The van der Waals surface area contributed by atoms with Crippen molar-refractivity contribution in [2.45, 2.75) is 44.6 Å². The Morgan fingerprint density at radius 3 is 3.08 bits per heavy atom. The summed E-state index contributed by atoms with van der Waals surface area (Å²) in [5.74, 6) is 1.61. The molecule has 4 rings (SSSR count). The Balaban J connectivity index is 1.45. The predicted octanol–water partition coefficient (Wildman–Crippen LogP) is 2.66. The summed E-state index contributed by atoms with van der Waals surface area (Å²) in [6.07, 6.45) is 8.11. The maximum absolute atomic E-state index is 12.6. The number of ether oxygens (including phenoxy) is 2. The van der Waals surface area contributed by atoms with Crippen LogP contribution in [0.15, 0.2) is 24.4 Å². The van der Waals surface area contributed by atoms with Crippen LogP contribution in [0.2, 0.25) is 0 Å². The molecule has 0 unspecified atom stereocenters. The summed E-state index contributed by atoms with van der Waals surface area (Å²) < 4.78 is 12.1. The van der Waals surface area contributed by atoms with E-state index >= 15 is 0 Å². The van der Waals surface area contributed by atoms with E-state index in [-0.39, 0.29) is 11.5 Å². The van der Waals surface area contributed by atoms with Crippen LogP contribution in [0.5, 0.6) is 5.88 Å². The lowest BCUT2D eigenvalue weighted by molar-refractivity contribution is -0.158. The van der Waals surface area contributed by atoms with Gasteiger partial charge in [0.25, 0.3) is 0 Å². The zero-order valence-electron chi connectivity index (χ0n) is 14.2. The Bertz CT molecular complexity index is 575. The van der Waals surface area contributed by atoms with Crippen molar-refractivity contribution < 1.29 is 14.3 Å². The molecule has 1 saturated carbocycles. The molecule has 130 valence electrons. The van der Waals surface area contributed by atoms with Crippen molar-refractivity contribution in [3.8, 4) is 5.88 Å². The quantitative estimate of drug-likeness (QED) is 0.833. The number of carbonyl (C=O) groups excluding carboxylic acids is 1. The first-order valence-electron chi connectivity index (χ1n) is 9.18. The molecule has 3 fully saturated rings. The summed E-state index contributed by atoms with van der Waals surface area (Å²) in [5, 5.41) is 0. The molecule has 0 aromatic carbocycles. The number of nitrogens with zero attached hydrogens (tertiary/aromatic N) is 2. The molecule has 2 atom stereocenters.